The van der Waals surface area contributed by atoms with Gasteiger partial charge >= 0.3 is 0 Å². The van der Waals surface area contributed by atoms with Crippen molar-refractivity contribution in [1.29, 1.82) is 0 Å². The monoisotopic (exact) mass is 196 g/mol. The molecule has 1 aliphatic heterocycles. The predicted molar refractivity (Wildman–Crippen MR) is 43.8 cm³/mol. The molecule has 1 heterocycles. The second kappa shape index (κ2) is 5.95. The Labute approximate surface area is 71.0 Å². The molecule has 0 aromatic heterocycles. The number of hydrogen-bond acceptors (Lipinski definition) is 5. The normalized spacial score (nSPS) is 15.8. The molecular formula is C5H12N2O4S. The van der Waals surface area contributed by atoms with Crippen LogP contribution in [0.4, 0.5) is 0 Å². The minimum atomic E-state index is -4.11. The van der Waals surface area contributed by atoms with Gasteiger partial charge in [0.25, 0.3) is 10.1 Å². The topological polar surface area (TPSA) is 98.7 Å². The van der Waals surface area contributed by atoms with Crippen LogP contribution in [0.2, 0.25) is 0 Å². The molecule has 0 aromatic rings. The van der Waals surface area contributed by atoms with Gasteiger partial charge in [-0.25, -0.2) is 0 Å². The summed E-state index contributed by atoms with van der Waals surface area (Å²) in [6.45, 7) is 1.92. The van der Waals surface area contributed by atoms with Crippen LogP contribution in [0, 0.1) is 0 Å². The van der Waals surface area contributed by atoms with Crippen LogP contribution < -0.4 is 10.6 Å². The molecule has 0 bridgehead atoms. The summed E-state index contributed by atoms with van der Waals surface area (Å²) in [5.74, 6) is -1.20. The van der Waals surface area contributed by atoms with Crippen molar-refractivity contribution in [3.63, 3.8) is 0 Å². The summed E-state index contributed by atoms with van der Waals surface area (Å²) < 4.78 is 26.2. The maximum absolute atomic E-state index is 9.31. The van der Waals surface area contributed by atoms with Crippen LogP contribution in [0.15, 0.2) is 12.3 Å². The molecular weight excluding hydrogens is 184 g/mol. The first-order valence-corrected chi connectivity index (χ1v) is 4.82. The maximum Gasteiger partial charge on any atom is 0.289 e. The molecule has 12 heavy (non-hydrogen) atoms. The largest absolute Gasteiger partial charge is 0.379 e. The molecule has 0 unspecified atom stereocenters. The van der Waals surface area contributed by atoms with Crippen LogP contribution in [0.1, 0.15) is 0 Å². The highest BCUT2D eigenvalue weighted by Crippen LogP contribution is 1.71. The minimum absolute atomic E-state index is 0.913. The van der Waals surface area contributed by atoms with E-state index in [4.69, 9.17) is 9.66 Å². The van der Waals surface area contributed by atoms with Crippen LogP contribution in [0.3, 0.4) is 0 Å². The Bertz CT molecular complexity index is 216. The van der Waals surface area contributed by atoms with Gasteiger partial charge in [0.2, 0.25) is 0 Å². The fourth-order valence-electron chi connectivity index (χ4n) is 0.429. The third-order valence-corrected chi connectivity index (χ3v) is 1.21. The van der Waals surface area contributed by atoms with Gasteiger partial charge in [-0.2, -0.15) is 8.42 Å². The first kappa shape index (κ1) is 11.4. The molecule has 0 aliphatic carbocycles. The van der Waals surface area contributed by atoms with E-state index in [1.165, 1.54) is 0 Å². The van der Waals surface area contributed by atoms with Gasteiger partial charge in [-0.3, -0.25) is 9.87 Å². The summed E-state index contributed by atoms with van der Waals surface area (Å²) >= 11 is 0. The minimum Gasteiger partial charge on any atom is -0.379 e. The van der Waals surface area contributed by atoms with Crippen LogP contribution in [-0.4, -0.2) is 37.2 Å². The van der Waals surface area contributed by atoms with Crippen molar-refractivity contribution in [3.8, 4) is 0 Å². The number of nitrogens with one attached hydrogen (secondary N) is 2. The number of rotatable bonds is 1. The van der Waals surface area contributed by atoms with Crippen LogP contribution in [-0.2, 0) is 10.1 Å². The SMILES string of the molecule is C1=CNCNC1.O=S(=O)(O)CO. The second-order valence-corrected chi connectivity index (χ2v) is 3.37. The summed E-state index contributed by atoms with van der Waals surface area (Å²) in [4.78, 5) is 0. The first-order chi connectivity index (χ1) is 5.56. The highest BCUT2D eigenvalue weighted by Gasteiger charge is 1.95. The Morgan fingerprint density at radius 2 is 2.08 bits per heavy atom. The van der Waals surface area contributed by atoms with E-state index < -0.39 is 16.1 Å². The molecule has 1 rings (SSSR count). The molecule has 6 nitrogen and oxygen atoms in total. The molecule has 4 N–H and O–H groups in total. The molecule has 0 radical (unpaired) electrons. The van der Waals surface area contributed by atoms with Crippen LogP contribution in [0.5, 0.6) is 0 Å². The summed E-state index contributed by atoms with van der Waals surface area (Å²) in [5.41, 5.74) is 0. The average molecular weight is 196 g/mol. The standard InChI is InChI=1S/C4H8N2.CH4O4S/c1-2-5-4-6-3-1;2-1-6(3,4)5/h1-2,5-6H,3-4H2;2H,1H2,(H,3,4,5). The third-order valence-electron chi connectivity index (χ3n) is 0.888. The molecule has 72 valence electrons. The van der Waals surface area contributed by atoms with Gasteiger partial charge in [-0.05, 0) is 6.20 Å². The fraction of sp³-hybridized carbons (Fsp3) is 0.600. The lowest BCUT2D eigenvalue weighted by Gasteiger charge is -2.05. The van der Waals surface area contributed by atoms with Crippen molar-refractivity contribution in [2.75, 3.05) is 19.2 Å². The lowest BCUT2D eigenvalue weighted by molar-refractivity contribution is 0.336. The van der Waals surface area contributed by atoms with Gasteiger partial charge in [0.05, 0.1) is 6.67 Å². The summed E-state index contributed by atoms with van der Waals surface area (Å²) in [5, 5.41) is 13.6. The number of aliphatic hydroxyl groups excluding tert-OH is 1. The van der Waals surface area contributed by atoms with Crippen molar-refractivity contribution < 1.29 is 18.1 Å². The average Bonchev–Trinajstić information content (AvgIpc) is 2.07. The van der Waals surface area contributed by atoms with Crippen molar-refractivity contribution in [2.45, 2.75) is 0 Å². The fourth-order valence-corrected chi connectivity index (χ4v) is 0.429. The maximum atomic E-state index is 9.31. The number of hydrogen-bond donors (Lipinski definition) is 4. The molecule has 0 saturated heterocycles. The summed E-state index contributed by atoms with van der Waals surface area (Å²) in [6.07, 6.45) is 4.00. The van der Waals surface area contributed by atoms with E-state index in [0.717, 1.165) is 13.2 Å². The third kappa shape index (κ3) is 9.37. The van der Waals surface area contributed by atoms with E-state index in [9.17, 15) is 8.42 Å². The van der Waals surface area contributed by atoms with Crippen molar-refractivity contribution in [1.82, 2.24) is 10.6 Å². The van der Waals surface area contributed by atoms with Gasteiger partial charge < -0.3 is 10.4 Å². The predicted octanol–water partition coefficient (Wildman–Crippen LogP) is -1.53. The van der Waals surface area contributed by atoms with Gasteiger partial charge in [0, 0.05) is 6.54 Å². The van der Waals surface area contributed by atoms with Crippen molar-refractivity contribution in [2.24, 2.45) is 0 Å². The second-order valence-electron chi connectivity index (χ2n) is 1.95. The Morgan fingerprint density at radius 1 is 1.50 bits per heavy atom. The highest BCUT2D eigenvalue weighted by molar-refractivity contribution is 7.85. The van der Waals surface area contributed by atoms with E-state index >= 15 is 0 Å². The molecule has 1 aliphatic rings. The van der Waals surface area contributed by atoms with E-state index in [0.29, 0.717) is 0 Å². The van der Waals surface area contributed by atoms with Gasteiger partial charge in [-0.15, -0.1) is 0 Å². The molecule has 0 amide bonds. The zero-order valence-corrected chi connectivity index (χ0v) is 7.21. The molecule has 0 aromatic carbocycles. The van der Waals surface area contributed by atoms with Gasteiger partial charge in [-0.1, -0.05) is 6.08 Å². The Morgan fingerprint density at radius 3 is 2.17 bits per heavy atom. The van der Waals surface area contributed by atoms with E-state index in [1.807, 2.05) is 12.3 Å². The zero-order chi connectivity index (χ0) is 9.45. The van der Waals surface area contributed by atoms with Crippen molar-refractivity contribution >= 4 is 10.1 Å². The molecule has 7 heteroatoms. The Kier molecular flexibility index (Phi) is 5.64. The molecule has 0 fully saturated rings. The lowest BCUT2D eigenvalue weighted by atomic mass is 10.5. The van der Waals surface area contributed by atoms with E-state index in [2.05, 4.69) is 10.6 Å². The Balaban J connectivity index is 0.000000202. The van der Waals surface area contributed by atoms with Crippen LogP contribution in [0.25, 0.3) is 0 Å². The quantitative estimate of drug-likeness (QED) is 0.380. The van der Waals surface area contributed by atoms with Crippen LogP contribution >= 0.6 is 0 Å². The van der Waals surface area contributed by atoms with Gasteiger partial charge in [0.1, 0.15) is 0 Å². The molecule has 0 atom stereocenters. The van der Waals surface area contributed by atoms with Crippen molar-refractivity contribution in [3.05, 3.63) is 12.3 Å². The molecule has 0 saturated carbocycles. The highest BCUT2D eigenvalue weighted by atomic mass is 32.2. The summed E-state index contributed by atoms with van der Waals surface area (Å²) in [6, 6.07) is 0. The smallest absolute Gasteiger partial charge is 0.289 e. The zero-order valence-electron chi connectivity index (χ0n) is 6.40. The number of aliphatic hydroxyl groups is 1. The Hall–Kier alpha value is -0.630. The first-order valence-electron chi connectivity index (χ1n) is 3.21. The van der Waals surface area contributed by atoms with Gasteiger partial charge in [0.15, 0.2) is 5.94 Å². The summed E-state index contributed by atoms with van der Waals surface area (Å²) in [7, 11) is -4.11. The van der Waals surface area contributed by atoms with E-state index in [-0.39, 0.29) is 0 Å². The van der Waals surface area contributed by atoms with E-state index in [1.54, 1.807) is 0 Å². The molecule has 0 spiro atoms. The lowest BCUT2D eigenvalue weighted by Crippen LogP contribution is -2.29.